The summed E-state index contributed by atoms with van der Waals surface area (Å²) in [5.74, 6) is 2.61. The molecule has 0 aromatic heterocycles. The van der Waals surface area contributed by atoms with Gasteiger partial charge < -0.3 is 14.8 Å². The minimum atomic E-state index is 0.656. The van der Waals surface area contributed by atoms with Crippen molar-refractivity contribution in [1.29, 1.82) is 0 Å². The van der Waals surface area contributed by atoms with Gasteiger partial charge in [-0.2, -0.15) is 0 Å². The average molecular weight is 247 g/mol. The summed E-state index contributed by atoms with van der Waals surface area (Å²) < 4.78 is 11.3. The Bertz CT molecular complexity index is 419. The van der Waals surface area contributed by atoms with Gasteiger partial charge in [-0.3, -0.25) is 0 Å². The summed E-state index contributed by atoms with van der Waals surface area (Å²) in [4.78, 5) is 0. The Kier molecular flexibility index (Phi) is 3.41. The van der Waals surface area contributed by atoms with Crippen LogP contribution >= 0.6 is 0 Å². The van der Waals surface area contributed by atoms with Crippen LogP contribution in [-0.2, 0) is 6.54 Å². The fourth-order valence-corrected chi connectivity index (χ4v) is 2.96. The Morgan fingerprint density at radius 3 is 2.94 bits per heavy atom. The fraction of sp³-hybridized carbons (Fsp3) is 0.600. The summed E-state index contributed by atoms with van der Waals surface area (Å²) in [7, 11) is 0. The second-order valence-corrected chi connectivity index (χ2v) is 5.34. The lowest BCUT2D eigenvalue weighted by molar-refractivity contribution is 0.169. The van der Waals surface area contributed by atoms with Crippen LogP contribution in [0.2, 0.25) is 0 Å². The number of fused-ring (bicyclic) bond motifs is 1. The molecule has 0 amide bonds. The average Bonchev–Trinajstić information content (AvgIpc) is 2.82. The molecule has 3 nitrogen and oxygen atoms in total. The van der Waals surface area contributed by atoms with Crippen molar-refractivity contribution in [3.8, 4) is 11.5 Å². The molecule has 0 spiro atoms. The number of hydrogen-bond acceptors (Lipinski definition) is 3. The molecule has 3 heteroatoms. The van der Waals surface area contributed by atoms with Gasteiger partial charge in [-0.05, 0) is 24.8 Å². The van der Waals surface area contributed by atoms with Gasteiger partial charge in [0.05, 0.1) is 0 Å². The molecule has 98 valence electrons. The third-order valence-electron chi connectivity index (χ3n) is 4.06. The first-order valence-corrected chi connectivity index (χ1v) is 6.95. The fourth-order valence-electron chi connectivity index (χ4n) is 2.96. The molecule has 1 fully saturated rings. The van der Waals surface area contributed by atoms with Gasteiger partial charge in [-0.25, -0.2) is 0 Å². The molecule has 1 N–H and O–H groups in total. The Labute approximate surface area is 108 Å². The monoisotopic (exact) mass is 247 g/mol. The van der Waals surface area contributed by atoms with Crippen molar-refractivity contribution in [1.82, 2.24) is 5.32 Å². The van der Waals surface area contributed by atoms with Crippen LogP contribution in [0.3, 0.4) is 0 Å². The van der Waals surface area contributed by atoms with E-state index in [9.17, 15) is 0 Å². The van der Waals surface area contributed by atoms with Crippen molar-refractivity contribution in [3.05, 3.63) is 23.8 Å². The lowest BCUT2D eigenvalue weighted by atomic mass is 10.1. The third kappa shape index (κ3) is 2.32. The summed E-state index contributed by atoms with van der Waals surface area (Å²) in [6.07, 6.45) is 4.00. The van der Waals surface area contributed by atoms with Crippen LogP contribution in [0.1, 0.15) is 31.7 Å². The van der Waals surface area contributed by atoms with Gasteiger partial charge in [0, 0.05) is 18.2 Å². The van der Waals surface area contributed by atoms with Gasteiger partial charge in [0.15, 0.2) is 11.5 Å². The largest absolute Gasteiger partial charge is 0.486 e. The zero-order valence-corrected chi connectivity index (χ0v) is 10.9. The highest BCUT2D eigenvalue weighted by Gasteiger charge is 2.23. The highest BCUT2D eigenvalue weighted by molar-refractivity contribution is 5.47. The third-order valence-corrected chi connectivity index (χ3v) is 4.06. The van der Waals surface area contributed by atoms with Crippen LogP contribution in [0.15, 0.2) is 18.2 Å². The predicted molar refractivity (Wildman–Crippen MR) is 71.1 cm³/mol. The molecule has 2 unspecified atom stereocenters. The van der Waals surface area contributed by atoms with E-state index in [0.717, 1.165) is 24.0 Å². The first-order valence-electron chi connectivity index (χ1n) is 6.95. The highest BCUT2D eigenvalue weighted by atomic mass is 16.6. The van der Waals surface area contributed by atoms with Gasteiger partial charge in [-0.15, -0.1) is 0 Å². The van der Waals surface area contributed by atoms with E-state index in [4.69, 9.17) is 9.47 Å². The summed E-state index contributed by atoms with van der Waals surface area (Å²) in [6, 6.07) is 6.81. The number of benzene rings is 1. The zero-order chi connectivity index (χ0) is 12.4. The lowest BCUT2D eigenvalue weighted by Gasteiger charge is -2.23. The molecule has 0 bridgehead atoms. The Balaban J connectivity index is 1.69. The van der Waals surface area contributed by atoms with Crippen LogP contribution in [0, 0.1) is 5.92 Å². The Hall–Kier alpha value is -1.22. The Morgan fingerprint density at radius 2 is 2.11 bits per heavy atom. The molecular formula is C15H21NO2. The molecule has 1 aliphatic carbocycles. The van der Waals surface area contributed by atoms with Gasteiger partial charge in [0.25, 0.3) is 0 Å². The second-order valence-electron chi connectivity index (χ2n) is 5.34. The van der Waals surface area contributed by atoms with Gasteiger partial charge >= 0.3 is 0 Å². The molecule has 1 aliphatic heterocycles. The maximum Gasteiger partial charge on any atom is 0.165 e. The first kappa shape index (κ1) is 11.8. The summed E-state index contributed by atoms with van der Waals surface area (Å²) in [5, 5.41) is 3.66. The van der Waals surface area contributed by atoms with Crippen LogP contribution in [0.4, 0.5) is 0 Å². The molecule has 2 atom stereocenters. The van der Waals surface area contributed by atoms with E-state index in [-0.39, 0.29) is 0 Å². The summed E-state index contributed by atoms with van der Waals surface area (Å²) >= 11 is 0. The summed E-state index contributed by atoms with van der Waals surface area (Å²) in [6.45, 7) is 4.53. The molecule has 2 aliphatic rings. The van der Waals surface area contributed by atoms with E-state index in [2.05, 4.69) is 18.3 Å². The SMILES string of the molecule is CC1CCCC1NCc1cccc2c1OCCO2. The number of rotatable bonds is 3. The molecule has 1 saturated carbocycles. The van der Waals surface area contributed by atoms with Gasteiger partial charge in [0.2, 0.25) is 0 Å². The smallest absolute Gasteiger partial charge is 0.165 e. The van der Waals surface area contributed by atoms with Gasteiger partial charge in [-0.1, -0.05) is 25.5 Å². The van der Waals surface area contributed by atoms with E-state index in [0.29, 0.717) is 19.3 Å². The maximum atomic E-state index is 5.73. The van der Waals surface area contributed by atoms with Crippen molar-refractivity contribution in [2.75, 3.05) is 13.2 Å². The quantitative estimate of drug-likeness (QED) is 0.891. The topological polar surface area (TPSA) is 30.5 Å². The van der Waals surface area contributed by atoms with Crippen molar-refractivity contribution < 1.29 is 9.47 Å². The van der Waals surface area contributed by atoms with Crippen molar-refractivity contribution in [2.24, 2.45) is 5.92 Å². The summed E-state index contributed by atoms with van der Waals surface area (Å²) in [5.41, 5.74) is 1.21. The van der Waals surface area contributed by atoms with E-state index in [1.165, 1.54) is 24.8 Å². The van der Waals surface area contributed by atoms with Crippen molar-refractivity contribution >= 4 is 0 Å². The molecule has 1 aromatic carbocycles. The minimum Gasteiger partial charge on any atom is -0.486 e. The number of para-hydroxylation sites is 1. The number of ether oxygens (including phenoxy) is 2. The Morgan fingerprint density at radius 1 is 1.22 bits per heavy atom. The van der Waals surface area contributed by atoms with Crippen molar-refractivity contribution in [3.63, 3.8) is 0 Å². The highest BCUT2D eigenvalue weighted by Crippen LogP contribution is 2.34. The van der Waals surface area contributed by atoms with Gasteiger partial charge in [0.1, 0.15) is 13.2 Å². The van der Waals surface area contributed by atoms with E-state index in [1.54, 1.807) is 0 Å². The first-order chi connectivity index (χ1) is 8.84. The number of hydrogen-bond donors (Lipinski definition) is 1. The minimum absolute atomic E-state index is 0.656. The molecule has 1 aromatic rings. The normalized spacial score (nSPS) is 26.3. The van der Waals surface area contributed by atoms with Crippen LogP contribution in [0.25, 0.3) is 0 Å². The molecular weight excluding hydrogens is 226 g/mol. The molecule has 0 saturated heterocycles. The van der Waals surface area contributed by atoms with E-state index < -0.39 is 0 Å². The van der Waals surface area contributed by atoms with Crippen LogP contribution in [-0.4, -0.2) is 19.3 Å². The molecule has 18 heavy (non-hydrogen) atoms. The standard InChI is InChI=1S/C15H21NO2/c1-11-4-2-6-13(11)16-10-12-5-3-7-14-15(12)18-9-8-17-14/h3,5,7,11,13,16H,2,4,6,8-10H2,1H3. The molecule has 1 heterocycles. The number of nitrogens with one attached hydrogen (secondary N) is 1. The van der Waals surface area contributed by atoms with Crippen LogP contribution < -0.4 is 14.8 Å². The second kappa shape index (κ2) is 5.19. The van der Waals surface area contributed by atoms with E-state index >= 15 is 0 Å². The van der Waals surface area contributed by atoms with E-state index in [1.807, 2.05) is 12.1 Å². The lowest BCUT2D eigenvalue weighted by Crippen LogP contribution is -2.31. The van der Waals surface area contributed by atoms with Crippen LogP contribution in [0.5, 0.6) is 11.5 Å². The zero-order valence-electron chi connectivity index (χ0n) is 10.9. The predicted octanol–water partition coefficient (Wildman–Crippen LogP) is 2.74. The maximum absolute atomic E-state index is 5.73. The molecule has 3 rings (SSSR count). The molecule has 0 radical (unpaired) electrons. The van der Waals surface area contributed by atoms with Crippen molar-refractivity contribution in [2.45, 2.75) is 38.8 Å².